The maximum absolute atomic E-state index is 13.4. The van der Waals surface area contributed by atoms with Crippen molar-refractivity contribution in [3.05, 3.63) is 57.6 Å². The quantitative estimate of drug-likeness (QED) is 0.717. The number of nitriles is 2. The van der Waals surface area contributed by atoms with Crippen LogP contribution in [0.15, 0.2) is 24.3 Å². The molecule has 8 nitrogen and oxygen atoms in total. The van der Waals surface area contributed by atoms with Crippen LogP contribution >= 0.6 is 11.6 Å². The number of carbonyl (C=O) groups excluding carboxylic acids is 2. The number of aromatic nitrogens is 2. The standard InChI is InChI=1S/C21H17ClN6O2/c1-20(2)13-7-8-21(20,17-16(13)25-14(9-23)15(10-24)26-17)19(30)28-27-18(29)11-3-5-12(22)6-4-11/h3-6,13H,7-8H2,1-2H3,(H,27,29)(H,28,30). The average Bonchev–Trinajstić information content (AvgIpc) is 3.12. The smallest absolute Gasteiger partial charge is 0.269 e. The molecule has 150 valence electrons. The van der Waals surface area contributed by atoms with Crippen LogP contribution in [-0.4, -0.2) is 21.8 Å². The monoisotopic (exact) mass is 420 g/mol. The molecule has 2 N–H and O–H groups in total. The summed E-state index contributed by atoms with van der Waals surface area (Å²) in [4.78, 5) is 34.5. The molecule has 1 aromatic carbocycles. The molecule has 0 aliphatic heterocycles. The highest BCUT2D eigenvalue weighted by atomic mass is 35.5. The third-order valence-corrected chi connectivity index (χ3v) is 6.68. The van der Waals surface area contributed by atoms with E-state index in [1.807, 2.05) is 26.0 Å². The van der Waals surface area contributed by atoms with E-state index < -0.39 is 22.6 Å². The number of halogens is 1. The number of hydrogen-bond acceptors (Lipinski definition) is 6. The van der Waals surface area contributed by atoms with Crippen LogP contribution in [0.3, 0.4) is 0 Å². The van der Waals surface area contributed by atoms with Crippen LogP contribution in [0.2, 0.25) is 5.02 Å². The summed E-state index contributed by atoms with van der Waals surface area (Å²) in [7, 11) is 0. The molecule has 0 radical (unpaired) electrons. The lowest BCUT2D eigenvalue weighted by molar-refractivity contribution is -0.130. The van der Waals surface area contributed by atoms with E-state index in [1.54, 1.807) is 24.3 Å². The molecule has 2 aliphatic carbocycles. The van der Waals surface area contributed by atoms with Gasteiger partial charge in [-0.25, -0.2) is 9.97 Å². The van der Waals surface area contributed by atoms with Crippen LogP contribution in [0.5, 0.6) is 0 Å². The molecule has 2 bridgehead atoms. The molecule has 30 heavy (non-hydrogen) atoms. The van der Waals surface area contributed by atoms with Gasteiger partial charge in [0.15, 0.2) is 11.4 Å². The van der Waals surface area contributed by atoms with Crippen molar-refractivity contribution in [2.45, 2.75) is 38.0 Å². The van der Waals surface area contributed by atoms with E-state index in [0.29, 0.717) is 34.8 Å². The van der Waals surface area contributed by atoms with Crippen LogP contribution in [-0.2, 0) is 10.2 Å². The van der Waals surface area contributed by atoms with Crippen LogP contribution in [0.1, 0.15) is 65.7 Å². The van der Waals surface area contributed by atoms with Gasteiger partial charge in [-0.3, -0.25) is 20.4 Å². The summed E-state index contributed by atoms with van der Waals surface area (Å²) in [6, 6.07) is 10.1. The van der Waals surface area contributed by atoms with Crippen LogP contribution < -0.4 is 10.9 Å². The first kappa shape index (κ1) is 19.8. The summed E-state index contributed by atoms with van der Waals surface area (Å²) in [5.74, 6) is -0.970. The summed E-state index contributed by atoms with van der Waals surface area (Å²) in [6.07, 6.45) is 1.20. The first-order valence-corrected chi connectivity index (χ1v) is 9.73. The largest absolute Gasteiger partial charge is 0.272 e. The van der Waals surface area contributed by atoms with E-state index in [4.69, 9.17) is 11.6 Å². The number of amides is 2. The summed E-state index contributed by atoms with van der Waals surface area (Å²) in [5, 5.41) is 19.1. The molecule has 0 saturated heterocycles. The topological polar surface area (TPSA) is 132 Å². The average molecular weight is 421 g/mol. The Hall–Kier alpha value is -3.49. The molecule has 2 aromatic rings. The highest BCUT2D eigenvalue weighted by Crippen LogP contribution is 2.67. The fourth-order valence-electron chi connectivity index (χ4n) is 4.81. The van der Waals surface area contributed by atoms with Gasteiger partial charge in [0.25, 0.3) is 11.8 Å². The second-order valence-electron chi connectivity index (χ2n) is 8.01. The van der Waals surface area contributed by atoms with Gasteiger partial charge in [-0.05, 0) is 42.5 Å². The fourth-order valence-corrected chi connectivity index (χ4v) is 4.94. The molecule has 0 spiro atoms. The molecule has 1 fully saturated rings. The molecular weight excluding hydrogens is 404 g/mol. The molecule has 2 unspecified atom stereocenters. The Kier molecular flexibility index (Phi) is 4.48. The van der Waals surface area contributed by atoms with Gasteiger partial charge in [0.05, 0.1) is 11.4 Å². The van der Waals surface area contributed by atoms with Gasteiger partial charge in [-0.2, -0.15) is 10.5 Å². The van der Waals surface area contributed by atoms with Crippen molar-refractivity contribution >= 4 is 23.4 Å². The van der Waals surface area contributed by atoms with Crippen LogP contribution in [0, 0.1) is 28.1 Å². The highest BCUT2D eigenvalue weighted by molar-refractivity contribution is 6.30. The first-order valence-electron chi connectivity index (χ1n) is 9.35. The lowest BCUT2D eigenvalue weighted by Gasteiger charge is -2.36. The van der Waals surface area contributed by atoms with E-state index in [2.05, 4.69) is 20.8 Å². The van der Waals surface area contributed by atoms with Crippen molar-refractivity contribution in [3.8, 4) is 12.1 Å². The zero-order chi connectivity index (χ0) is 21.7. The molecule has 2 aliphatic rings. The Morgan fingerprint density at radius 3 is 2.37 bits per heavy atom. The first-order chi connectivity index (χ1) is 14.3. The fraction of sp³-hybridized carbons (Fsp3) is 0.333. The van der Waals surface area contributed by atoms with E-state index >= 15 is 0 Å². The number of fused-ring (bicyclic) bond motifs is 5. The molecule has 1 aromatic heterocycles. The van der Waals surface area contributed by atoms with Crippen molar-refractivity contribution in [2.75, 3.05) is 0 Å². The number of hydrazine groups is 1. The third-order valence-electron chi connectivity index (χ3n) is 6.43. The molecule has 1 heterocycles. The summed E-state index contributed by atoms with van der Waals surface area (Å²) in [6.45, 7) is 3.90. The van der Waals surface area contributed by atoms with Crippen LogP contribution in [0.4, 0.5) is 0 Å². The lowest BCUT2D eigenvalue weighted by atomic mass is 9.68. The van der Waals surface area contributed by atoms with Gasteiger partial charge in [-0.1, -0.05) is 25.4 Å². The minimum atomic E-state index is -1.06. The maximum atomic E-state index is 13.4. The van der Waals surface area contributed by atoms with Gasteiger partial charge in [0.2, 0.25) is 0 Å². The third kappa shape index (κ3) is 2.58. The molecule has 4 rings (SSSR count). The SMILES string of the molecule is CC1(C)C2CCC1(C(=O)NNC(=O)c1ccc(Cl)cc1)c1nc(C#N)c(C#N)nc12. The van der Waals surface area contributed by atoms with Crippen LogP contribution in [0.25, 0.3) is 0 Å². The predicted octanol–water partition coefficient (Wildman–Crippen LogP) is 2.49. The minimum absolute atomic E-state index is 0.0359. The van der Waals surface area contributed by atoms with Gasteiger partial charge >= 0.3 is 0 Å². The van der Waals surface area contributed by atoms with Crippen molar-refractivity contribution in [1.29, 1.82) is 10.5 Å². The summed E-state index contributed by atoms with van der Waals surface area (Å²) < 4.78 is 0. The Morgan fingerprint density at radius 2 is 1.73 bits per heavy atom. The second-order valence-corrected chi connectivity index (χ2v) is 8.45. The van der Waals surface area contributed by atoms with Crippen molar-refractivity contribution in [1.82, 2.24) is 20.8 Å². The molecule has 9 heteroatoms. The number of nitrogens with one attached hydrogen (secondary N) is 2. The van der Waals surface area contributed by atoms with Gasteiger partial charge in [-0.15, -0.1) is 0 Å². The van der Waals surface area contributed by atoms with Gasteiger partial charge < -0.3 is 0 Å². The Morgan fingerprint density at radius 1 is 1.10 bits per heavy atom. The van der Waals surface area contributed by atoms with E-state index in [9.17, 15) is 20.1 Å². The van der Waals surface area contributed by atoms with Gasteiger partial charge in [0.1, 0.15) is 17.6 Å². The van der Waals surface area contributed by atoms with Gasteiger partial charge in [0, 0.05) is 16.5 Å². The molecule has 1 saturated carbocycles. The number of hydrogen-bond donors (Lipinski definition) is 2. The van der Waals surface area contributed by atoms with E-state index in [0.717, 1.165) is 0 Å². The van der Waals surface area contributed by atoms with Crippen molar-refractivity contribution in [3.63, 3.8) is 0 Å². The molecule has 2 atom stereocenters. The van der Waals surface area contributed by atoms with Crippen molar-refractivity contribution in [2.24, 2.45) is 5.41 Å². The van der Waals surface area contributed by atoms with E-state index in [1.165, 1.54) is 0 Å². The Labute approximate surface area is 177 Å². The molecule has 2 amide bonds. The Bertz CT molecular complexity index is 1160. The normalized spacial score (nSPS) is 22.5. The Balaban J connectivity index is 1.67. The summed E-state index contributed by atoms with van der Waals surface area (Å²) in [5.41, 5.74) is 4.57. The summed E-state index contributed by atoms with van der Waals surface area (Å²) >= 11 is 5.84. The zero-order valence-corrected chi connectivity index (χ0v) is 17.0. The number of rotatable bonds is 2. The number of carbonyl (C=O) groups is 2. The highest BCUT2D eigenvalue weighted by Gasteiger charge is 2.68. The predicted molar refractivity (Wildman–Crippen MR) is 106 cm³/mol. The van der Waals surface area contributed by atoms with Crippen molar-refractivity contribution < 1.29 is 9.59 Å². The molecular formula is C21H17ClN6O2. The number of benzene rings is 1. The minimum Gasteiger partial charge on any atom is -0.272 e. The second kappa shape index (κ2) is 6.79. The zero-order valence-electron chi connectivity index (χ0n) is 16.3. The number of nitrogens with zero attached hydrogens (tertiary/aromatic N) is 4. The maximum Gasteiger partial charge on any atom is 0.269 e. The van der Waals surface area contributed by atoms with E-state index in [-0.39, 0.29) is 17.3 Å². The lowest BCUT2D eigenvalue weighted by Crippen LogP contribution is -2.55.